The summed E-state index contributed by atoms with van der Waals surface area (Å²) >= 11 is 13.2. The molecule has 2 unspecified atom stereocenters. The summed E-state index contributed by atoms with van der Waals surface area (Å²) in [4.78, 5) is 27.1. The number of hydrogen-bond acceptors (Lipinski definition) is 6. The van der Waals surface area contributed by atoms with Crippen LogP contribution in [0.2, 0.25) is 10.0 Å². The minimum absolute atomic E-state index is 0.0623. The van der Waals surface area contributed by atoms with Gasteiger partial charge in [-0.1, -0.05) is 47.5 Å². The fourth-order valence-corrected chi connectivity index (χ4v) is 5.66. The number of benzene rings is 2. The molecule has 0 aliphatic carbocycles. The van der Waals surface area contributed by atoms with Crippen molar-refractivity contribution in [3.63, 3.8) is 0 Å². The number of aryl methyl sites for hydroxylation is 1. The average Bonchev–Trinajstić information content (AvgIpc) is 3.59. The van der Waals surface area contributed by atoms with Crippen molar-refractivity contribution in [2.45, 2.75) is 24.7 Å². The maximum atomic E-state index is 13.6. The Labute approximate surface area is 229 Å². The average molecular weight is 562 g/mol. The Hall–Kier alpha value is -2.82. The molecule has 2 aliphatic rings. The second kappa shape index (κ2) is 10.4. The predicted molar refractivity (Wildman–Crippen MR) is 142 cm³/mol. The molecule has 2 saturated heterocycles. The zero-order valence-corrected chi connectivity index (χ0v) is 22.6. The molecule has 38 heavy (non-hydrogen) atoms. The number of fused-ring (bicyclic) bond motifs is 1. The lowest BCUT2D eigenvalue weighted by Crippen LogP contribution is -2.47. The molecule has 0 radical (unpaired) electrons. The zero-order chi connectivity index (χ0) is 27.2. The van der Waals surface area contributed by atoms with Crippen molar-refractivity contribution in [3.8, 4) is 5.75 Å². The molecule has 3 heterocycles. The summed E-state index contributed by atoms with van der Waals surface area (Å²) in [6.45, 7) is 1.71. The summed E-state index contributed by atoms with van der Waals surface area (Å²) in [6.07, 6.45) is -0.585. The minimum atomic E-state index is -1.57. The summed E-state index contributed by atoms with van der Waals surface area (Å²) in [7, 11) is 3.54. The number of aliphatic hydroxyl groups is 2. The van der Waals surface area contributed by atoms with E-state index < -0.39 is 11.8 Å². The molecule has 0 saturated carbocycles. The van der Waals surface area contributed by atoms with Gasteiger partial charge in [-0.05, 0) is 11.6 Å². The van der Waals surface area contributed by atoms with Gasteiger partial charge >= 0.3 is 0 Å². The van der Waals surface area contributed by atoms with Crippen LogP contribution in [0.5, 0.6) is 5.75 Å². The number of halogens is 2. The summed E-state index contributed by atoms with van der Waals surface area (Å²) in [5.74, 6) is 0.227. The Morgan fingerprint density at radius 1 is 1.21 bits per heavy atom. The first kappa shape index (κ1) is 26.8. The van der Waals surface area contributed by atoms with Crippen LogP contribution in [-0.4, -0.2) is 64.9 Å². The highest BCUT2D eigenvalue weighted by atomic mass is 35.5. The number of likely N-dealkylation sites (tertiary alicyclic amines) is 1. The van der Waals surface area contributed by atoms with Crippen molar-refractivity contribution < 1.29 is 29.3 Å². The van der Waals surface area contributed by atoms with E-state index in [4.69, 9.17) is 32.7 Å². The van der Waals surface area contributed by atoms with E-state index in [1.54, 1.807) is 60.0 Å². The number of nitrogens with zero attached hydrogens (tertiary/aromatic N) is 2. The van der Waals surface area contributed by atoms with Crippen LogP contribution in [0.15, 0.2) is 36.4 Å². The third kappa shape index (κ3) is 4.85. The minimum Gasteiger partial charge on any atom is -0.492 e. The summed E-state index contributed by atoms with van der Waals surface area (Å²) in [5, 5.41) is 23.1. The van der Waals surface area contributed by atoms with Gasteiger partial charge in [-0.3, -0.25) is 9.59 Å². The van der Waals surface area contributed by atoms with Gasteiger partial charge in [0, 0.05) is 63.0 Å². The van der Waals surface area contributed by atoms with Crippen LogP contribution < -0.4 is 10.1 Å². The highest BCUT2D eigenvalue weighted by Gasteiger charge is 2.39. The van der Waals surface area contributed by atoms with Gasteiger partial charge in [-0.15, -0.1) is 0 Å². The molecule has 11 heteroatoms. The molecule has 1 aromatic heterocycles. The van der Waals surface area contributed by atoms with Crippen LogP contribution in [0.3, 0.4) is 0 Å². The van der Waals surface area contributed by atoms with Crippen LogP contribution in [0, 0.1) is 5.92 Å². The van der Waals surface area contributed by atoms with E-state index in [0.717, 1.165) is 5.56 Å². The van der Waals surface area contributed by atoms with Gasteiger partial charge in [-0.25, -0.2) is 0 Å². The molecule has 2 atom stereocenters. The van der Waals surface area contributed by atoms with Gasteiger partial charge in [0.05, 0.1) is 29.3 Å². The van der Waals surface area contributed by atoms with Crippen molar-refractivity contribution in [1.82, 2.24) is 14.8 Å². The molecule has 3 N–H and O–H groups in total. The van der Waals surface area contributed by atoms with Gasteiger partial charge in [0.2, 0.25) is 5.91 Å². The maximum Gasteiger partial charge on any atom is 0.268 e. The predicted octanol–water partition coefficient (Wildman–Crippen LogP) is 3.37. The zero-order valence-electron chi connectivity index (χ0n) is 21.0. The quantitative estimate of drug-likeness (QED) is 0.381. The van der Waals surface area contributed by atoms with Crippen LogP contribution in [0.25, 0.3) is 10.9 Å². The monoisotopic (exact) mass is 561 g/mol. The largest absolute Gasteiger partial charge is 0.492 e. The fraction of sp³-hybridized carbons (Fsp3) is 0.407. The molecular formula is C27H29Cl2N3O6. The Morgan fingerprint density at radius 3 is 2.55 bits per heavy atom. The Balaban J connectivity index is 1.41. The lowest BCUT2D eigenvalue weighted by atomic mass is 9.88. The summed E-state index contributed by atoms with van der Waals surface area (Å²) in [6, 6.07) is 10.2. The highest BCUT2D eigenvalue weighted by molar-refractivity contribution is 6.46. The van der Waals surface area contributed by atoms with Gasteiger partial charge in [0.25, 0.3) is 5.91 Å². The van der Waals surface area contributed by atoms with Crippen molar-refractivity contribution in [2.75, 3.05) is 33.4 Å². The Morgan fingerprint density at radius 2 is 1.95 bits per heavy atom. The number of aromatic nitrogens is 1. The topological polar surface area (TPSA) is 113 Å². The number of amides is 2. The van der Waals surface area contributed by atoms with Crippen LogP contribution >= 0.6 is 23.2 Å². The number of ether oxygens (including phenoxy) is 2. The van der Waals surface area contributed by atoms with Crippen molar-refractivity contribution in [1.29, 1.82) is 0 Å². The first-order valence-corrected chi connectivity index (χ1v) is 13.1. The number of aliphatic hydroxyl groups excluding tert-OH is 1. The van der Waals surface area contributed by atoms with E-state index in [-0.39, 0.29) is 34.4 Å². The molecule has 0 bridgehead atoms. The fourth-order valence-electron chi connectivity index (χ4n) is 5.20. The summed E-state index contributed by atoms with van der Waals surface area (Å²) in [5.41, 5.74) is 1.45. The molecule has 9 nitrogen and oxygen atoms in total. The molecule has 202 valence electrons. The van der Waals surface area contributed by atoms with Gasteiger partial charge in [-0.2, -0.15) is 0 Å². The van der Waals surface area contributed by atoms with Crippen molar-refractivity contribution in [3.05, 3.63) is 63.3 Å². The first-order chi connectivity index (χ1) is 18.1. The van der Waals surface area contributed by atoms with Crippen LogP contribution in [0.4, 0.5) is 0 Å². The van der Waals surface area contributed by atoms with Crippen molar-refractivity contribution >= 4 is 45.9 Å². The lowest BCUT2D eigenvalue weighted by molar-refractivity contribution is -0.126. The first-order valence-electron chi connectivity index (χ1n) is 12.3. The lowest BCUT2D eigenvalue weighted by Gasteiger charge is -2.30. The van der Waals surface area contributed by atoms with Crippen molar-refractivity contribution in [2.24, 2.45) is 13.0 Å². The van der Waals surface area contributed by atoms with Gasteiger partial charge in [0.15, 0.2) is 6.29 Å². The molecule has 2 aliphatic heterocycles. The van der Waals surface area contributed by atoms with Crippen LogP contribution in [-0.2, 0) is 22.1 Å². The molecule has 0 spiro atoms. The second-order valence-corrected chi connectivity index (χ2v) is 10.8. The van der Waals surface area contributed by atoms with E-state index >= 15 is 0 Å². The van der Waals surface area contributed by atoms with E-state index in [1.807, 2.05) is 0 Å². The normalized spacial score (nSPS) is 21.6. The van der Waals surface area contributed by atoms with Gasteiger partial charge in [0.1, 0.15) is 16.5 Å². The SMILES string of the molecule is CN1CC(COc2cc3c(cc(C(=O)NC4(c5ccc(C(O)O)cc5)CCOC4)n3C)c(Cl)c2Cl)CC1=O. The van der Waals surface area contributed by atoms with E-state index in [2.05, 4.69) is 5.32 Å². The third-order valence-corrected chi connectivity index (χ3v) is 8.32. The Bertz CT molecular complexity index is 1380. The number of carbonyl (C=O) groups is 2. The number of rotatable bonds is 7. The smallest absolute Gasteiger partial charge is 0.268 e. The standard InChI is InChI=1S/C27H29Cl2N3O6/c1-31-12-15(9-22(31)33)13-38-21-11-19-18(23(28)24(21)29)10-20(32(19)2)25(34)30-27(7-8-37-14-27)17-5-3-16(4-6-17)26(35)36/h3-6,10-11,15,26,35-36H,7-9,12-14H2,1-2H3,(H,30,34). The molecule has 5 rings (SSSR count). The summed E-state index contributed by atoms with van der Waals surface area (Å²) < 4.78 is 13.4. The molecule has 2 aromatic carbocycles. The number of carbonyl (C=O) groups excluding carboxylic acids is 2. The van der Waals surface area contributed by atoms with E-state index in [1.165, 1.54) is 0 Å². The second-order valence-electron chi connectivity index (χ2n) is 10.0. The van der Waals surface area contributed by atoms with E-state index in [9.17, 15) is 19.8 Å². The Kier molecular flexibility index (Phi) is 7.32. The third-order valence-electron chi connectivity index (χ3n) is 7.46. The number of nitrogens with one attached hydrogen (secondary N) is 1. The van der Waals surface area contributed by atoms with E-state index in [0.29, 0.717) is 60.5 Å². The highest BCUT2D eigenvalue weighted by Crippen LogP contribution is 2.40. The number of hydrogen-bond donors (Lipinski definition) is 3. The maximum absolute atomic E-state index is 13.6. The molecule has 2 fully saturated rings. The molecule has 2 amide bonds. The van der Waals surface area contributed by atoms with Crippen LogP contribution in [0.1, 0.15) is 40.7 Å². The van der Waals surface area contributed by atoms with Gasteiger partial charge < -0.3 is 34.5 Å². The molecule has 3 aromatic rings. The molecular weight excluding hydrogens is 533 g/mol.